The van der Waals surface area contributed by atoms with E-state index in [2.05, 4.69) is 20.6 Å². The normalized spacial score (nSPS) is 11.3. The maximum absolute atomic E-state index is 12.0. The van der Waals surface area contributed by atoms with Crippen molar-refractivity contribution in [3.05, 3.63) is 46.0 Å². The summed E-state index contributed by atoms with van der Waals surface area (Å²) in [5.74, 6) is -0.434. The van der Waals surface area contributed by atoms with Crippen LogP contribution in [0.5, 0.6) is 0 Å². The average Bonchev–Trinajstić information content (AvgIpc) is 2.79. The minimum atomic E-state index is -0.508. The number of aryl methyl sites for hydroxylation is 1. The summed E-state index contributed by atoms with van der Waals surface area (Å²) in [7, 11) is 1.58. The number of rotatable bonds is 3. The predicted octanol–water partition coefficient (Wildman–Crippen LogP) is -0.545. The summed E-state index contributed by atoms with van der Waals surface area (Å²) in [5, 5.41) is 18.0. The van der Waals surface area contributed by atoms with Gasteiger partial charge in [-0.05, 0) is 6.07 Å². The number of carbonyl (C=O) groups excluding carboxylic acids is 1. The molecule has 2 aromatic heterocycles. The van der Waals surface area contributed by atoms with Gasteiger partial charge in [0.05, 0.1) is 11.8 Å². The Kier molecular flexibility index (Phi) is 3.51. The van der Waals surface area contributed by atoms with Crippen LogP contribution in [-0.4, -0.2) is 31.7 Å². The molecule has 0 fully saturated rings. The van der Waals surface area contributed by atoms with Crippen molar-refractivity contribution in [1.82, 2.24) is 14.8 Å². The lowest BCUT2D eigenvalue weighted by atomic mass is 10.2. The third-order valence-electron chi connectivity index (χ3n) is 2.59. The molecule has 0 saturated carbocycles. The van der Waals surface area contributed by atoms with Crippen molar-refractivity contribution >= 4 is 17.6 Å². The Labute approximate surface area is 112 Å². The molecule has 0 saturated heterocycles. The van der Waals surface area contributed by atoms with Crippen molar-refractivity contribution in [2.24, 2.45) is 17.9 Å². The molecular formula is C11H12N6O3. The molecule has 0 aromatic carbocycles. The van der Waals surface area contributed by atoms with Gasteiger partial charge in [0.15, 0.2) is 5.84 Å². The van der Waals surface area contributed by atoms with Gasteiger partial charge in [0, 0.05) is 24.9 Å². The van der Waals surface area contributed by atoms with Crippen molar-refractivity contribution in [3.63, 3.8) is 0 Å². The Morgan fingerprint density at radius 1 is 1.60 bits per heavy atom. The van der Waals surface area contributed by atoms with E-state index in [-0.39, 0.29) is 28.3 Å². The Morgan fingerprint density at radius 3 is 3.00 bits per heavy atom. The largest absolute Gasteiger partial charge is 0.409 e. The maximum Gasteiger partial charge on any atom is 0.257 e. The second kappa shape index (κ2) is 5.26. The highest BCUT2D eigenvalue weighted by Gasteiger charge is 2.16. The van der Waals surface area contributed by atoms with Crippen molar-refractivity contribution in [3.8, 4) is 0 Å². The number of aromatic amines is 1. The van der Waals surface area contributed by atoms with Gasteiger partial charge < -0.3 is 21.2 Å². The molecule has 1 amide bonds. The van der Waals surface area contributed by atoms with Crippen LogP contribution in [0, 0.1) is 0 Å². The van der Waals surface area contributed by atoms with E-state index in [0.29, 0.717) is 0 Å². The number of oxime groups is 1. The standard InChI is InChI=1S/C11H12N6O3/c1-17-10(7(5-14-17)9(12)16-20)15-11(19)6-2-3-13-8(18)4-6/h2-5,20H,1H3,(H2,12,16)(H,13,18)(H,15,19). The highest BCUT2D eigenvalue weighted by atomic mass is 16.4. The highest BCUT2D eigenvalue weighted by molar-refractivity contribution is 6.08. The summed E-state index contributed by atoms with van der Waals surface area (Å²) < 4.78 is 1.36. The van der Waals surface area contributed by atoms with Gasteiger partial charge in [0.25, 0.3) is 5.91 Å². The van der Waals surface area contributed by atoms with Crippen LogP contribution in [0.3, 0.4) is 0 Å². The fourth-order valence-electron chi connectivity index (χ4n) is 1.59. The van der Waals surface area contributed by atoms with Gasteiger partial charge in [-0.25, -0.2) is 0 Å². The van der Waals surface area contributed by atoms with Crippen LogP contribution in [0.1, 0.15) is 15.9 Å². The monoisotopic (exact) mass is 276 g/mol. The number of aromatic nitrogens is 3. The van der Waals surface area contributed by atoms with Crippen LogP contribution < -0.4 is 16.6 Å². The molecule has 0 aliphatic rings. The van der Waals surface area contributed by atoms with E-state index in [4.69, 9.17) is 10.9 Å². The predicted molar refractivity (Wildman–Crippen MR) is 70.7 cm³/mol. The van der Waals surface area contributed by atoms with Gasteiger partial charge in [-0.15, -0.1) is 0 Å². The number of carbonyl (C=O) groups is 1. The molecule has 0 spiro atoms. The van der Waals surface area contributed by atoms with Crippen LogP contribution >= 0.6 is 0 Å². The second-order valence-corrected chi connectivity index (χ2v) is 3.91. The van der Waals surface area contributed by atoms with Gasteiger partial charge in [0.1, 0.15) is 5.82 Å². The van der Waals surface area contributed by atoms with Crippen LogP contribution in [0.4, 0.5) is 5.82 Å². The SMILES string of the molecule is Cn1ncc(/C(N)=N/O)c1NC(=O)c1cc[nH]c(=O)c1. The van der Waals surface area contributed by atoms with Crippen molar-refractivity contribution in [1.29, 1.82) is 0 Å². The van der Waals surface area contributed by atoms with E-state index < -0.39 is 5.91 Å². The molecule has 0 aliphatic carbocycles. The van der Waals surface area contributed by atoms with E-state index in [1.165, 1.54) is 23.1 Å². The van der Waals surface area contributed by atoms with Crippen molar-refractivity contribution < 1.29 is 10.0 Å². The first kappa shape index (κ1) is 13.3. The summed E-state index contributed by atoms with van der Waals surface area (Å²) in [6.07, 6.45) is 2.72. The molecule has 0 unspecified atom stereocenters. The lowest BCUT2D eigenvalue weighted by Gasteiger charge is -2.07. The molecule has 0 bridgehead atoms. The molecule has 2 aromatic rings. The first-order valence-electron chi connectivity index (χ1n) is 5.53. The number of anilines is 1. The molecule has 9 nitrogen and oxygen atoms in total. The van der Waals surface area contributed by atoms with E-state index >= 15 is 0 Å². The molecule has 0 atom stereocenters. The fourth-order valence-corrected chi connectivity index (χ4v) is 1.59. The minimum absolute atomic E-state index is 0.181. The van der Waals surface area contributed by atoms with E-state index in [9.17, 15) is 9.59 Å². The number of nitrogens with two attached hydrogens (primary N) is 1. The van der Waals surface area contributed by atoms with Gasteiger partial charge in [0.2, 0.25) is 5.56 Å². The topological polar surface area (TPSA) is 138 Å². The van der Waals surface area contributed by atoms with Crippen LogP contribution in [-0.2, 0) is 7.05 Å². The number of nitrogens with one attached hydrogen (secondary N) is 2. The smallest absolute Gasteiger partial charge is 0.257 e. The molecule has 5 N–H and O–H groups in total. The zero-order chi connectivity index (χ0) is 14.7. The third-order valence-corrected chi connectivity index (χ3v) is 2.59. The number of amidine groups is 1. The number of nitrogens with zero attached hydrogens (tertiary/aromatic N) is 3. The van der Waals surface area contributed by atoms with Gasteiger partial charge in [-0.2, -0.15) is 5.10 Å². The van der Waals surface area contributed by atoms with E-state index in [1.54, 1.807) is 7.05 Å². The lowest BCUT2D eigenvalue weighted by molar-refractivity contribution is 0.102. The lowest BCUT2D eigenvalue weighted by Crippen LogP contribution is -2.21. The number of pyridine rings is 1. The van der Waals surface area contributed by atoms with E-state index in [0.717, 1.165) is 6.07 Å². The average molecular weight is 276 g/mol. The van der Waals surface area contributed by atoms with Gasteiger partial charge >= 0.3 is 0 Å². The van der Waals surface area contributed by atoms with Crippen LogP contribution in [0.25, 0.3) is 0 Å². The van der Waals surface area contributed by atoms with Gasteiger partial charge in [-0.1, -0.05) is 5.16 Å². The molecular weight excluding hydrogens is 264 g/mol. The Morgan fingerprint density at radius 2 is 2.35 bits per heavy atom. The summed E-state index contributed by atoms with van der Waals surface area (Å²) in [5.41, 5.74) is 5.55. The summed E-state index contributed by atoms with van der Waals surface area (Å²) in [4.78, 5) is 25.6. The molecule has 20 heavy (non-hydrogen) atoms. The molecule has 9 heteroatoms. The number of hydrogen-bond donors (Lipinski definition) is 4. The van der Waals surface area contributed by atoms with Crippen LogP contribution in [0.15, 0.2) is 34.5 Å². The summed E-state index contributed by atoms with van der Waals surface area (Å²) >= 11 is 0. The van der Waals surface area contributed by atoms with E-state index in [1.807, 2.05) is 0 Å². The zero-order valence-corrected chi connectivity index (χ0v) is 10.5. The second-order valence-electron chi connectivity index (χ2n) is 3.91. The summed E-state index contributed by atoms with van der Waals surface area (Å²) in [6.45, 7) is 0. The number of H-pyrrole nitrogens is 1. The highest BCUT2D eigenvalue weighted by Crippen LogP contribution is 2.14. The number of amides is 1. The first-order chi connectivity index (χ1) is 9.52. The third kappa shape index (κ3) is 2.51. The summed E-state index contributed by atoms with van der Waals surface area (Å²) in [6, 6.07) is 2.62. The molecule has 2 rings (SSSR count). The maximum atomic E-state index is 12.0. The molecule has 0 aliphatic heterocycles. The van der Waals surface area contributed by atoms with Crippen molar-refractivity contribution in [2.45, 2.75) is 0 Å². The van der Waals surface area contributed by atoms with Crippen LogP contribution in [0.2, 0.25) is 0 Å². The van der Waals surface area contributed by atoms with Crippen molar-refractivity contribution in [2.75, 3.05) is 5.32 Å². The minimum Gasteiger partial charge on any atom is -0.409 e. The zero-order valence-electron chi connectivity index (χ0n) is 10.5. The Bertz CT molecular complexity index is 730. The Balaban J connectivity index is 2.33. The molecule has 2 heterocycles. The molecule has 0 radical (unpaired) electrons. The first-order valence-corrected chi connectivity index (χ1v) is 5.53. The number of hydrogen-bond acceptors (Lipinski definition) is 5. The van der Waals surface area contributed by atoms with Gasteiger partial charge in [-0.3, -0.25) is 14.3 Å². The fraction of sp³-hybridized carbons (Fsp3) is 0.0909. The Hall–Kier alpha value is -3.10. The molecule has 104 valence electrons. The quantitative estimate of drug-likeness (QED) is 0.258.